The van der Waals surface area contributed by atoms with E-state index in [0.717, 1.165) is 28.9 Å². The number of amides is 1. The molecule has 2 aromatic carbocycles. The predicted molar refractivity (Wildman–Crippen MR) is 114 cm³/mol. The number of imidazole rings is 1. The summed E-state index contributed by atoms with van der Waals surface area (Å²) >= 11 is 0. The van der Waals surface area contributed by atoms with Crippen molar-refractivity contribution in [3.05, 3.63) is 77.4 Å². The van der Waals surface area contributed by atoms with Crippen molar-refractivity contribution in [2.24, 2.45) is 0 Å². The van der Waals surface area contributed by atoms with Gasteiger partial charge in [-0.15, -0.1) is 0 Å². The molecule has 0 N–H and O–H groups in total. The molecule has 1 amide bonds. The Labute approximate surface area is 179 Å². The van der Waals surface area contributed by atoms with Gasteiger partial charge in [-0.1, -0.05) is 12.1 Å². The SMILES string of the molecule is Cc1ccc([C@H](C)N(C=O)c2cc(CN(C)C)cc(C(F)(F)F)c2)cc1-n1ccnc1. The Hall–Kier alpha value is -3.13. The predicted octanol–water partition coefficient (Wildman–Crippen LogP) is 4.99. The van der Waals surface area contributed by atoms with Crippen LogP contribution in [0.25, 0.3) is 5.69 Å². The quantitative estimate of drug-likeness (QED) is 0.496. The highest BCUT2D eigenvalue weighted by Crippen LogP contribution is 2.35. The molecule has 1 aromatic heterocycles. The topological polar surface area (TPSA) is 41.4 Å². The summed E-state index contributed by atoms with van der Waals surface area (Å²) in [5, 5.41) is 0. The number of anilines is 1. The molecule has 0 bridgehead atoms. The van der Waals surface area contributed by atoms with Gasteiger partial charge in [0.1, 0.15) is 0 Å². The maximum absolute atomic E-state index is 13.5. The van der Waals surface area contributed by atoms with Crippen LogP contribution in [0.2, 0.25) is 0 Å². The smallest absolute Gasteiger partial charge is 0.308 e. The van der Waals surface area contributed by atoms with Crippen LogP contribution >= 0.6 is 0 Å². The van der Waals surface area contributed by atoms with Crippen LogP contribution in [0.3, 0.4) is 0 Å². The van der Waals surface area contributed by atoms with E-state index in [2.05, 4.69) is 4.98 Å². The van der Waals surface area contributed by atoms with E-state index in [1.807, 2.05) is 35.9 Å². The number of nitrogens with zero attached hydrogens (tertiary/aromatic N) is 4. The minimum atomic E-state index is -4.51. The fourth-order valence-electron chi connectivity index (χ4n) is 3.55. The first-order valence-corrected chi connectivity index (χ1v) is 9.78. The Morgan fingerprint density at radius 3 is 2.48 bits per heavy atom. The second kappa shape index (κ2) is 8.93. The highest BCUT2D eigenvalue weighted by molar-refractivity contribution is 5.77. The van der Waals surface area contributed by atoms with Crippen molar-refractivity contribution in [1.29, 1.82) is 0 Å². The molecule has 0 unspecified atom stereocenters. The molecule has 0 aliphatic rings. The van der Waals surface area contributed by atoms with E-state index in [1.54, 1.807) is 44.5 Å². The molecule has 0 aliphatic heterocycles. The van der Waals surface area contributed by atoms with Gasteiger partial charge in [0.15, 0.2) is 0 Å². The van der Waals surface area contributed by atoms with Gasteiger partial charge in [0.05, 0.1) is 17.9 Å². The number of halogens is 3. The van der Waals surface area contributed by atoms with Gasteiger partial charge >= 0.3 is 6.18 Å². The van der Waals surface area contributed by atoms with Crippen LogP contribution in [0.1, 0.15) is 35.2 Å². The molecule has 1 atom stereocenters. The zero-order valence-electron chi connectivity index (χ0n) is 17.9. The molecule has 31 heavy (non-hydrogen) atoms. The monoisotopic (exact) mass is 430 g/mol. The number of benzene rings is 2. The van der Waals surface area contributed by atoms with Crippen molar-refractivity contribution in [3.8, 4) is 5.69 Å². The number of carbonyl (C=O) groups excluding carboxylic acids is 1. The van der Waals surface area contributed by atoms with E-state index < -0.39 is 17.8 Å². The molecule has 0 radical (unpaired) electrons. The third kappa shape index (κ3) is 5.14. The van der Waals surface area contributed by atoms with E-state index in [1.165, 1.54) is 4.90 Å². The molecule has 0 saturated carbocycles. The lowest BCUT2D eigenvalue weighted by atomic mass is 10.0. The Morgan fingerprint density at radius 2 is 1.90 bits per heavy atom. The number of hydrogen-bond donors (Lipinski definition) is 0. The van der Waals surface area contributed by atoms with Gasteiger partial charge in [-0.05, 0) is 68.9 Å². The first kappa shape index (κ1) is 22.6. The van der Waals surface area contributed by atoms with Crippen LogP contribution in [0.15, 0.2) is 55.1 Å². The van der Waals surface area contributed by atoms with Crippen molar-refractivity contribution in [3.63, 3.8) is 0 Å². The van der Waals surface area contributed by atoms with E-state index in [4.69, 9.17) is 0 Å². The molecular formula is C23H25F3N4O. The first-order chi connectivity index (χ1) is 14.6. The Balaban J connectivity index is 2.03. The summed E-state index contributed by atoms with van der Waals surface area (Å²) in [4.78, 5) is 19.2. The van der Waals surface area contributed by atoms with Crippen molar-refractivity contribution in [2.75, 3.05) is 19.0 Å². The Bertz CT molecular complexity index is 1050. The number of aromatic nitrogens is 2. The van der Waals surface area contributed by atoms with Crippen molar-refractivity contribution < 1.29 is 18.0 Å². The van der Waals surface area contributed by atoms with E-state index in [0.29, 0.717) is 18.5 Å². The maximum atomic E-state index is 13.5. The third-order valence-corrected chi connectivity index (χ3v) is 5.13. The van der Waals surface area contributed by atoms with Gasteiger partial charge in [0, 0.05) is 30.3 Å². The second-order valence-corrected chi connectivity index (χ2v) is 7.83. The van der Waals surface area contributed by atoms with Crippen LogP contribution in [-0.2, 0) is 17.5 Å². The van der Waals surface area contributed by atoms with Crippen LogP contribution in [0.5, 0.6) is 0 Å². The fourth-order valence-corrected chi connectivity index (χ4v) is 3.55. The highest BCUT2D eigenvalue weighted by atomic mass is 19.4. The second-order valence-electron chi connectivity index (χ2n) is 7.83. The van der Waals surface area contributed by atoms with Gasteiger partial charge in [-0.25, -0.2) is 4.98 Å². The Morgan fingerprint density at radius 1 is 1.16 bits per heavy atom. The molecule has 1 heterocycles. The number of aryl methyl sites for hydroxylation is 1. The normalized spacial score (nSPS) is 12.8. The number of hydrogen-bond acceptors (Lipinski definition) is 3. The van der Waals surface area contributed by atoms with Gasteiger partial charge < -0.3 is 14.4 Å². The highest BCUT2D eigenvalue weighted by Gasteiger charge is 2.32. The van der Waals surface area contributed by atoms with E-state index in [9.17, 15) is 18.0 Å². The lowest BCUT2D eigenvalue weighted by molar-refractivity contribution is -0.137. The molecule has 5 nitrogen and oxygen atoms in total. The zero-order chi connectivity index (χ0) is 22.8. The molecule has 0 saturated heterocycles. The molecule has 0 fully saturated rings. The summed E-state index contributed by atoms with van der Waals surface area (Å²) in [5.74, 6) is 0. The van der Waals surface area contributed by atoms with Gasteiger partial charge in [-0.3, -0.25) is 4.79 Å². The van der Waals surface area contributed by atoms with Crippen molar-refractivity contribution >= 4 is 12.1 Å². The standard InChI is InChI=1S/C23H25F3N4O/c1-16-5-6-19(11-22(16)29-8-7-27-14-29)17(2)30(15-31)21-10-18(13-28(3)4)9-20(12-21)23(24,25)26/h5-12,14-15,17H,13H2,1-4H3/t17-/m0/s1. The third-order valence-electron chi connectivity index (χ3n) is 5.13. The fraction of sp³-hybridized carbons (Fsp3) is 0.304. The summed E-state index contributed by atoms with van der Waals surface area (Å²) in [5.41, 5.74) is 2.62. The van der Waals surface area contributed by atoms with Crippen LogP contribution in [-0.4, -0.2) is 35.0 Å². The summed E-state index contributed by atoms with van der Waals surface area (Å²) < 4.78 is 42.4. The Kier molecular flexibility index (Phi) is 6.50. The van der Waals surface area contributed by atoms with Crippen molar-refractivity contribution in [1.82, 2.24) is 14.5 Å². The molecule has 0 spiro atoms. The lowest BCUT2D eigenvalue weighted by Gasteiger charge is -2.28. The number of carbonyl (C=O) groups is 1. The van der Waals surface area contributed by atoms with Gasteiger partial charge in [0.25, 0.3) is 0 Å². The van der Waals surface area contributed by atoms with Gasteiger partial charge in [0.2, 0.25) is 6.41 Å². The molecule has 3 rings (SSSR count). The van der Waals surface area contributed by atoms with Gasteiger partial charge in [-0.2, -0.15) is 13.2 Å². The first-order valence-electron chi connectivity index (χ1n) is 9.78. The van der Waals surface area contributed by atoms with Crippen LogP contribution < -0.4 is 4.90 Å². The van der Waals surface area contributed by atoms with Crippen LogP contribution in [0.4, 0.5) is 18.9 Å². The zero-order valence-corrected chi connectivity index (χ0v) is 17.9. The average molecular weight is 430 g/mol. The number of rotatable bonds is 7. The average Bonchev–Trinajstić information content (AvgIpc) is 3.22. The van der Waals surface area contributed by atoms with Crippen LogP contribution in [0, 0.1) is 6.92 Å². The van der Waals surface area contributed by atoms with Crippen molar-refractivity contribution in [2.45, 2.75) is 32.6 Å². The minimum absolute atomic E-state index is 0.207. The largest absolute Gasteiger partial charge is 0.416 e. The van der Waals surface area contributed by atoms with E-state index in [-0.39, 0.29) is 5.69 Å². The molecule has 8 heteroatoms. The summed E-state index contributed by atoms with van der Waals surface area (Å²) in [6.07, 6.45) is 1.23. The summed E-state index contributed by atoms with van der Waals surface area (Å²) in [6.45, 7) is 4.08. The number of alkyl halides is 3. The molecular weight excluding hydrogens is 405 g/mol. The molecule has 164 valence electrons. The summed E-state index contributed by atoms with van der Waals surface area (Å²) in [7, 11) is 3.56. The molecule has 0 aliphatic carbocycles. The van der Waals surface area contributed by atoms with E-state index >= 15 is 0 Å². The lowest BCUT2D eigenvalue weighted by Crippen LogP contribution is -2.26. The minimum Gasteiger partial charge on any atom is -0.308 e. The summed E-state index contributed by atoms with van der Waals surface area (Å²) in [6, 6.07) is 9.03. The molecule has 3 aromatic rings. The maximum Gasteiger partial charge on any atom is 0.416 e.